The maximum absolute atomic E-state index is 12.0. The van der Waals surface area contributed by atoms with Crippen molar-refractivity contribution in [3.63, 3.8) is 0 Å². The zero-order valence-corrected chi connectivity index (χ0v) is 12.9. The first kappa shape index (κ1) is 16.9. The number of H-pyrrole nitrogens is 1. The second-order valence-corrected chi connectivity index (χ2v) is 5.50. The molecule has 0 radical (unpaired) electrons. The van der Waals surface area contributed by atoms with E-state index in [2.05, 4.69) is 4.98 Å². The molecular weight excluding hydrogens is 292 g/mol. The zero-order chi connectivity index (χ0) is 16.3. The second kappa shape index (κ2) is 7.19. The average Bonchev–Trinajstić information content (AvgIpc) is 2.89. The van der Waals surface area contributed by atoms with Crippen molar-refractivity contribution < 1.29 is 19.3 Å². The van der Waals surface area contributed by atoms with E-state index in [0.29, 0.717) is 12.0 Å². The van der Waals surface area contributed by atoms with E-state index in [0.717, 1.165) is 0 Å². The van der Waals surface area contributed by atoms with Gasteiger partial charge in [-0.2, -0.15) is 0 Å². The summed E-state index contributed by atoms with van der Waals surface area (Å²) in [5, 5.41) is 9.28. The number of aromatic nitrogens is 2. The third-order valence-corrected chi connectivity index (χ3v) is 3.59. The van der Waals surface area contributed by atoms with Gasteiger partial charge in [0.2, 0.25) is 0 Å². The molecule has 2 heterocycles. The Labute approximate surface area is 127 Å². The minimum absolute atomic E-state index is 0.0286. The van der Waals surface area contributed by atoms with Crippen LogP contribution in [0.25, 0.3) is 0 Å². The van der Waals surface area contributed by atoms with E-state index in [4.69, 9.17) is 14.2 Å². The molecule has 0 aliphatic carbocycles. The summed E-state index contributed by atoms with van der Waals surface area (Å²) in [6, 6.07) is 0. The van der Waals surface area contributed by atoms with Crippen LogP contribution in [0, 0.1) is 0 Å². The van der Waals surface area contributed by atoms with E-state index in [9.17, 15) is 14.7 Å². The van der Waals surface area contributed by atoms with Crippen LogP contribution in [0.4, 0.5) is 0 Å². The van der Waals surface area contributed by atoms with Gasteiger partial charge in [-0.3, -0.25) is 14.3 Å². The Kier molecular flexibility index (Phi) is 5.52. The number of aliphatic hydroxyl groups excluding tert-OH is 1. The van der Waals surface area contributed by atoms with Crippen molar-refractivity contribution in [3.8, 4) is 0 Å². The molecule has 0 saturated carbocycles. The topological polar surface area (TPSA) is 103 Å². The summed E-state index contributed by atoms with van der Waals surface area (Å²) in [6.45, 7) is 3.63. The molecule has 1 aliphatic rings. The fourth-order valence-corrected chi connectivity index (χ4v) is 2.38. The number of aliphatic hydroxyl groups is 1. The molecule has 3 atom stereocenters. The summed E-state index contributed by atoms with van der Waals surface area (Å²) in [5.41, 5.74) is -0.683. The second-order valence-electron chi connectivity index (χ2n) is 5.50. The van der Waals surface area contributed by atoms with E-state index < -0.39 is 23.6 Å². The molecule has 0 bridgehead atoms. The Morgan fingerprint density at radius 1 is 1.50 bits per heavy atom. The lowest BCUT2D eigenvalue weighted by Gasteiger charge is -2.15. The van der Waals surface area contributed by atoms with Crippen LogP contribution in [-0.2, 0) is 20.8 Å². The molecule has 0 unspecified atom stereocenters. The predicted molar refractivity (Wildman–Crippen MR) is 77.7 cm³/mol. The molecule has 1 aromatic rings. The number of aromatic amines is 1. The van der Waals surface area contributed by atoms with Crippen molar-refractivity contribution in [1.29, 1.82) is 0 Å². The molecule has 2 N–H and O–H groups in total. The molecule has 1 fully saturated rings. The van der Waals surface area contributed by atoms with Crippen molar-refractivity contribution in [3.05, 3.63) is 32.6 Å². The smallest absolute Gasteiger partial charge is 0.330 e. The molecule has 0 aromatic carbocycles. The minimum atomic E-state index is -0.593. The zero-order valence-electron chi connectivity index (χ0n) is 12.9. The number of ether oxygens (including phenoxy) is 3. The maximum atomic E-state index is 12.0. The number of nitrogens with zero attached hydrogens (tertiary/aromatic N) is 1. The lowest BCUT2D eigenvalue weighted by atomic mass is 10.2. The highest BCUT2D eigenvalue weighted by molar-refractivity contribution is 5.04. The van der Waals surface area contributed by atoms with Crippen molar-refractivity contribution in [1.82, 2.24) is 9.55 Å². The Morgan fingerprint density at radius 3 is 2.77 bits per heavy atom. The first-order valence-electron chi connectivity index (χ1n) is 7.21. The lowest BCUT2D eigenvalue weighted by Crippen LogP contribution is -2.34. The van der Waals surface area contributed by atoms with E-state index in [1.165, 1.54) is 17.9 Å². The summed E-state index contributed by atoms with van der Waals surface area (Å²) in [5.74, 6) is 0. The molecule has 1 aliphatic heterocycles. The number of hydrogen-bond acceptors (Lipinski definition) is 6. The Balaban J connectivity index is 2.26. The fourth-order valence-electron chi connectivity index (χ4n) is 2.38. The Morgan fingerprint density at radius 2 is 2.23 bits per heavy atom. The van der Waals surface area contributed by atoms with Gasteiger partial charge in [0.1, 0.15) is 12.3 Å². The van der Waals surface area contributed by atoms with Gasteiger partial charge in [0, 0.05) is 19.7 Å². The third-order valence-electron chi connectivity index (χ3n) is 3.59. The molecule has 8 heteroatoms. The van der Waals surface area contributed by atoms with Crippen molar-refractivity contribution in [2.45, 2.75) is 51.4 Å². The van der Waals surface area contributed by atoms with Crippen LogP contribution in [-0.4, -0.2) is 46.7 Å². The summed E-state index contributed by atoms with van der Waals surface area (Å²) in [4.78, 5) is 26.1. The first-order valence-corrected chi connectivity index (χ1v) is 7.21. The highest BCUT2D eigenvalue weighted by Crippen LogP contribution is 2.29. The average molecular weight is 314 g/mol. The molecular formula is C14H22N2O6. The van der Waals surface area contributed by atoms with Crippen LogP contribution >= 0.6 is 0 Å². The number of methoxy groups -OCH3 is 1. The standard InChI is InChI=1S/C14H22N2O6/c1-8(2)21-7-9-5-16(14(19)15-13(9)18)12-4-10(20-3)11(6-17)22-12/h5,8,10-12,17H,4,6-7H2,1-3H3,(H,15,18,19)/t10-,11-,12-/m1/s1. The summed E-state index contributed by atoms with van der Waals surface area (Å²) in [7, 11) is 1.52. The third kappa shape index (κ3) is 3.64. The van der Waals surface area contributed by atoms with Crippen LogP contribution in [0.1, 0.15) is 32.1 Å². The molecule has 1 saturated heterocycles. The minimum Gasteiger partial charge on any atom is -0.394 e. The van der Waals surface area contributed by atoms with Gasteiger partial charge < -0.3 is 19.3 Å². The van der Waals surface area contributed by atoms with E-state index in [-0.39, 0.29) is 25.4 Å². The first-order chi connectivity index (χ1) is 10.5. The van der Waals surface area contributed by atoms with Gasteiger partial charge in [0.15, 0.2) is 0 Å². The van der Waals surface area contributed by atoms with Crippen molar-refractivity contribution >= 4 is 0 Å². The van der Waals surface area contributed by atoms with Gasteiger partial charge in [0.05, 0.1) is 31.0 Å². The van der Waals surface area contributed by atoms with Crippen LogP contribution in [0.15, 0.2) is 15.8 Å². The van der Waals surface area contributed by atoms with Gasteiger partial charge in [-0.15, -0.1) is 0 Å². The maximum Gasteiger partial charge on any atom is 0.330 e. The van der Waals surface area contributed by atoms with Crippen LogP contribution in [0.2, 0.25) is 0 Å². The van der Waals surface area contributed by atoms with Gasteiger partial charge in [-0.25, -0.2) is 4.79 Å². The monoisotopic (exact) mass is 314 g/mol. The van der Waals surface area contributed by atoms with E-state index in [1.807, 2.05) is 13.8 Å². The van der Waals surface area contributed by atoms with E-state index >= 15 is 0 Å². The highest BCUT2D eigenvalue weighted by Gasteiger charge is 2.36. The molecule has 124 valence electrons. The summed E-state index contributed by atoms with van der Waals surface area (Å²) < 4.78 is 17.6. The van der Waals surface area contributed by atoms with Gasteiger partial charge >= 0.3 is 5.69 Å². The summed E-state index contributed by atoms with van der Waals surface area (Å²) >= 11 is 0. The van der Waals surface area contributed by atoms with Crippen LogP contribution in [0.3, 0.4) is 0 Å². The molecule has 22 heavy (non-hydrogen) atoms. The molecule has 8 nitrogen and oxygen atoms in total. The number of nitrogens with one attached hydrogen (secondary N) is 1. The lowest BCUT2D eigenvalue weighted by molar-refractivity contribution is -0.0537. The number of hydrogen-bond donors (Lipinski definition) is 2. The summed E-state index contributed by atoms with van der Waals surface area (Å²) in [6.07, 6.45) is 0.440. The van der Waals surface area contributed by atoms with Crippen LogP contribution in [0.5, 0.6) is 0 Å². The Bertz CT molecular complexity index is 596. The van der Waals surface area contributed by atoms with Gasteiger partial charge in [-0.05, 0) is 13.8 Å². The Hall–Kier alpha value is -1.48. The SMILES string of the molecule is CO[C@@H]1C[C@H](n2cc(COC(C)C)c(=O)[nH]c2=O)O[C@@H]1CO. The van der Waals surface area contributed by atoms with Gasteiger partial charge in [0.25, 0.3) is 5.56 Å². The molecule has 2 rings (SSSR count). The number of rotatable bonds is 6. The van der Waals surface area contributed by atoms with Crippen molar-refractivity contribution in [2.24, 2.45) is 0 Å². The van der Waals surface area contributed by atoms with E-state index in [1.54, 1.807) is 0 Å². The van der Waals surface area contributed by atoms with Crippen molar-refractivity contribution in [2.75, 3.05) is 13.7 Å². The highest BCUT2D eigenvalue weighted by atomic mass is 16.6. The van der Waals surface area contributed by atoms with Gasteiger partial charge in [-0.1, -0.05) is 0 Å². The predicted octanol–water partition coefficient (Wildman–Crippen LogP) is -0.244. The largest absolute Gasteiger partial charge is 0.394 e. The quantitative estimate of drug-likeness (QED) is 0.751. The molecule has 0 amide bonds. The van der Waals surface area contributed by atoms with Crippen LogP contribution < -0.4 is 11.2 Å². The fraction of sp³-hybridized carbons (Fsp3) is 0.714. The normalized spacial score (nSPS) is 25.0. The molecule has 0 spiro atoms. The molecule has 1 aromatic heterocycles.